The molecule has 0 aliphatic carbocycles. The second kappa shape index (κ2) is 8.22. The summed E-state index contributed by atoms with van der Waals surface area (Å²) in [5.74, 6) is 0.610. The molecule has 3 nitrogen and oxygen atoms in total. The second-order valence-electron chi connectivity index (χ2n) is 6.61. The van der Waals surface area contributed by atoms with Crippen LogP contribution in [-0.4, -0.2) is 17.0 Å². The molecule has 0 fully saturated rings. The zero-order valence-corrected chi connectivity index (χ0v) is 16.6. The zero-order valence-electron chi connectivity index (χ0n) is 15.7. The molecule has 0 radical (unpaired) electrons. The van der Waals surface area contributed by atoms with Gasteiger partial charge in [-0.25, -0.2) is 9.97 Å². The van der Waals surface area contributed by atoms with Crippen LogP contribution in [0.15, 0.2) is 70.7 Å². The van der Waals surface area contributed by atoms with Gasteiger partial charge < -0.3 is 4.90 Å². The average molecular weight is 403 g/mol. The number of benzene rings is 2. The van der Waals surface area contributed by atoms with Crippen LogP contribution in [0.2, 0.25) is 0 Å². The minimum absolute atomic E-state index is 0.116. The molecule has 146 valence electrons. The molecule has 0 unspecified atom stereocenters. The van der Waals surface area contributed by atoms with Gasteiger partial charge in [-0.1, -0.05) is 55.9 Å². The minimum Gasteiger partial charge on any atom is -0.314 e. The van der Waals surface area contributed by atoms with Crippen LogP contribution in [0.3, 0.4) is 0 Å². The first-order valence-electron chi connectivity index (χ1n) is 8.76. The molecule has 7 heteroatoms. The molecule has 0 atom stereocenters. The van der Waals surface area contributed by atoms with Gasteiger partial charge in [0, 0.05) is 23.8 Å². The molecule has 0 N–H and O–H groups in total. The summed E-state index contributed by atoms with van der Waals surface area (Å²) in [4.78, 5) is 10.6. The van der Waals surface area contributed by atoms with Crippen LogP contribution in [0.4, 0.5) is 24.8 Å². The number of hydrogen-bond donors (Lipinski definition) is 0. The van der Waals surface area contributed by atoms with Crippen molar-refractivity contribution in [2.45, 2.75) is 35.9 Å². The Morgan fingerprint density at radius 1 is 0.964 bits per heavy atom. The first kappa shape index (κ1) is 20.2. The molecular formula is C21H20F3N3S. The third-order valence-corrected chi connectivity index (χ3v) is 5.26. The fraction of sp³-hybridized carbons (Fsp3) is 0.238. The van der Waals surface area contributed by atoms with Crippen molar-refractivity contribution in [3.63, 3.8) is 0 Å². The van der Waals surface area contributed by atoms with Gasteiger partial charge in [-0.3, -0.25) is 0 Å². The van der Waals surface area contributed by atoms with E-state index in [1.54, 1.807) is 36.2 Å². The maximum atomic E-state index is 13.4. The molecule has 3 aromatic rings. The summed E-state index contributed by atoms with van der Waals surface area (Å²) in [5.41, 5.74) is 1.15. The van der Waals surface area contributed by atoms with E-state index in [1.807, 2.05) is 30.3 Å². The van der Waals surface area contributed by atoms with Gasteiger partial charge in [0.25, 0.3) is 0 Å². The van der Waals surface area contributed by atoms with Gasteiger partial charge in [0.15, 0.2) is 0 Å². The van der Waals surface area contributed by atoms with Crippen molar-refractivity contribution in [1.82, 2.24) is 9.97 Å². The molecule has 0 saturated carbocycles. The first-order valence-corrected chi connectivity index (χ1v) is 9.58. The highest BCUT2D eigenvalue weighted by molar-refractivity contribution is 7.99. The Morgan fingerprint density at radius 3 is 2.18 bits per heavy atom. The number of rotatable bonds is 5. The van der Waals surface area contributed by atoms with Crippen molar-refractivity contribution in [2.24, 2.45) is 0 Å². The van der Waals surface area contributed by atoms with Crippen molar-refractivity contribution in [3.05, 3.63) is 71.9 Å². The van der Waals surface area contributed by atoms with Gasteiger partial charge in [0.05, 0.1) is 0 Å². The molecule has 2 aromatic carbocycles. The van der Waals surface area contributed by atoms with E-state index in [1.165, 1.54) is 5.56 Å². The molecule has 0 aliphatic rings. The molecule has 0 bridgehead atoms. The summed E-state index contributed by atoms with van der Waals surface area (Å²) in [6, 6.07) is 16.7. The lowest BCUT2D eigenvalue weighted by molar-refractivity contribution is -0.140. The Balaban J connectivity index is 1.96. The summed E-state index contributed by atoms with van der Waals surface area (Å²) < 4.78 is 40.3. The van der Waals surface area contributed by atoms with E-state index >= 15 is 0 Å². The predicted molar refractivity (Wildman–Crippen MR) is 106 cm³/mol. The first-order chi connectivity index (χ1) is 13.3. The lowest BCUT2D eigenvalue weighted by Gasteiger charge is -2.20. The molecule has 1 heterocycles. The van der Waals surface area contributed by atoms with Gasteiger partial charge in [-0.15, -0.1) is 0 Å². The van der Waals surface area contributed by atoms with Crippen LogP contribution in [0.5, 0.6) is 0 Å². The average Bonchev–Trinajstić information content (AvgIpc) is 2.67. The number of halogens is 3. The summed E-state index contributed by atoms with van der Waals surface area (Å²) in [7, 11) is 1.74. The molecule has 0 saturated heterocycles. The fourth-order valence-corrected chi connectivity index (χ4v) is 3.51. The maximum absolute atomic E-state index is 13.4. The van der Waals surface area contributed by atoms with Crippen LogP contribution in [0.25, 0.3) is 0 Å². The number of anilines is 2. The lowest BCUT2D eigenvalue weighted by atomic mass is 10.0. The van der Waals surface area contributed by atoms with Crippen LogP contribution < -0.4 is 4.90 Å². The quantitative estimate of drug-likeness (QED) is 0.453. The van der Waals surface area contributed by atoms with E-state index in [-0.39, 0.29) is 11.0 Å². The van der Waals surface area contributed by atoms with Gasteiger partial charge >= 0.3 is 6.18 Å². The van der Waals surface area contributed by atoms with Crippen molar-refractivity contribution in [1.29, 1.82) is 0 Å². The topological polar surface area (TPSA) is 29.0 Å². The molecule has 3 rings (SSSR count). The van der Waals surface area contributed by atoms with Gasteiger partial charge in [-0.05, 0) is 35.7 Å². The second-order valence-corrected chi connectivity index (χ2v) is 7.67. The SMILES string of the molecule is CC(C)c1ccc(N(C)c2ncc(C(F)(F)F)c(Sc3ccccc3)n2)cc1. The van der Waals surface area contributed by atoms with E-state index < -0.39 is 11.7 Å². The summed E-state index contributed by atoms with van der Waals surface area (Å²) in [6.07, 6.45) is -3.67. The molecule has 0 amide bonds. The maximum Gasteiger partial charge on any atom is 0.420 e. The van der Waals surface area contributed by atoms with Crippen molar-refractivity contribution in [2.75, 3.05) is 11.9 Å². The van der Waals surface area contributed by atoms with Crippen LogP contribution in [0, 0.1) is 0 Å². The Hall–Kier alpha value is -2.54. The van der Waals surface area contributed by atoms with Crippen molar-refractivity contribution < 1.29 is 13.2 Å². The number of alkyl halides is 3. The third kappa shape index (κ3) is 4.65. The Labute approximate surface area is 166 Å². The van der Waals surface area contributed by atoms with Gasteiger partial charge in [0.2, 0.25) is 5.95 Å². The normalized spacial score (nSPS) is 11.7. The van der Waals surface area contributed by atoms with Gasteiger partial charge in [-0.2, -0.15) is 13.2 Å². The molecular weight excluding hydrogens is 383 g/mol. The highest BCUT2D eigenvalue weighted by Crippen LogP contribution is 2.39. The summed E-state index contributed by atoms with van der Waals surface area (Å²) in [6.45, 7) is 4.20. The van der Waals surface area contributed by atoms with Crippen LogP contribution >= 0.6 is 11.8 Å². The van der Waals surface area contributed by atoms with E-state index in [0.717, 1.165) is 23.6 Å². The molecule has 1 aromatic heterocycles. The zero-order chi connectivity index (χ0) is 20.3. The highest BCUT2D eigenvalue weighted by Gasteiger charge is 2.35. The van der Waals surface area contributed by atoms with E-state index in [2.05, 4.69) is 23.8 Å². The van der Waals surface area contributed by atoms with E-state index in [9.17, 15) is 13.2 Å². The van der Waals surface area contributed by atoms with Crippen molar-refractivity contribution >= 4 is 23.4 Å². The predicted octanol–water partition coefficient (Wildman–Crippen LogP) is 6.54. The Kier molecular flexibility index (Phi) is 5.93. The van der Waals surface area contributed by atoms with E-state index in [4.69, 9.17) is 0 Å². The minimum atomic E-state index is -4.52. The number of aromatic nitrogens is 2. The third-order valence-electron chi connectivity index (χ3n) is 4.25. The smallest absolute Gasteiger partial charge is 0.314 e. The summed E-state index contributed by atoms with van der Waals surface area (Å²) in [5, 5.41) is -0.116. The fourth-order valence-electron chi connectivity index (χ4n) is 2.59. The largest absolute Gasteiger partial charge is 0.420 e. The van der Waals surface area contributed by atoms with Crippen LogP contribution in [-0.2, 0) is 6.18 Å². The standard InChI is InChI=1S/C21H20F3N3S/c1-14(2)15-9-11-16(12-10-15)27(3)20-25-13-18(21(22,23)24)19(26-20)28-17-7-5-4-6-8-17/h4-14H,1-3H3. The monoisotopic (exact) mass is 403 g/mol. The van der Waals surface area contributed by atoms with Gasteiger partial charge in [0.1, 0.15) is 10.6 Å². The number of nitrogens with zero attached hydrogens (tertiary/aromatic N) is 3. The molecule has 0 spiro atoms. The lowest BCUT2D eigenvalue weighted by Crippen LogP contribution is -2.16. The van der Waals surface area contributed by atoms with E-state index in [0.29, 0.717) is 10.8 Å². The summed E-state index contributed by atoms with van der Waals surface area (Å²) >= 11 is 0.976. The highest BCUT2D eigenvalue weighted by atomic mass is 32.2. The number of hydrogen-bond acceptors (Lipinski definition) is 4. The molecule has 0 aliphatic heterocycles. The Bertz CT molecular complexity index is 926. The molecule has 28 heavy (non-hydrogen) atoms. The Morgan fingerprint density at radius 2 is 1.61 bits per heavy atom. The van der Waals surface area contributed by atoms with Crippen LogP contribution in [0.1, 0.15) is 30.9 Å². The van der Waals surface area contributed by atoms with Crippen molar-refractivity contribution in [3.8, 4) is 0 Å².